The summed E-state index contributed by atoms with van der Waals surface area (Å²) in [6.45, 7) is 11.4. The van der Waals surface area contributed by atoms with Gasteiger partial charge in [-0.2, -0.15) is 0 Å². The van der Waals surface area contributed by atoms with Gasteiger partial charge in [0.1, 0.15) is 5.75 Å². The third-order valence-corrected chi connectivity index (χ3v) is 7.75. The molecule has 34 heavy (non-hydrogen) atoms. The number of carbonyl (C=O) groups is 1. The first kappa shape index (κ1) is 24.5. The maximum atomic E-state index is 13.1. The predicted octanol–water partition coefficient (Wildman–Crippen LogP) is 5.24. The summed E-state index contributed by atoms with van der Waals surface area (Å²) in [5.41, 5.74) is 3.92. The third-order valence-electron chi connectivity index (χ3n) is 6.82. The zero-order valence-corrected chi connectivity index (χ0v) is 21.7. The van der Waals surface area contributed by atoms with E-state index in [1.165, 1.54) is 31.0 Å². The van der Waals surface area contributed by atoms with Gasteiger partial charge in [-0.05, 0) is 84.0 Å². The lowest BCUT2D eigenvalue weighted by molar-refractivity contribution is 0.102. The number of carbonyl (C=O) groups excluding carboxylic acids is 1. The quantitative estimate of drug-likeness (QED) is 0.308. The fraction of sp³-hybridized carbons (Fsp3) is 0.500. The number of piperidine rings is 1. The van der Waals surface area contributed by atoms with Crippen LogP contribution < -0.4 is 4.74 Å². The van der Waals surface area contributed by atoms with Crippen molar-refractivity contribution in [3.63, 3.8) is 0 Å². The van der Waals surface area contributed by atoms with Crippen molar-refractivity contribution < 1.29 is 9.53 Å². The number of hydrogen-bond donors (Lipinski definition) is 0. The molecule has 182 valence electrons. The largest absolute Gasteiger partial charge is 0.497 e. The van der Waals surface area contributed by atoms with Crippen molar-refractivity contribution >= 4 is 17.5 Å². The number of nitrogens with zero attached hydrogens (tertiary/aromatic N) is 5. The molecule has 0 amide bonds. The van der Waals surface area contributed by atoms with Gasteiger partial charge in [0.2, 0.25) is 0 Å². The third kappa shape index (κ3) is 4.93. The van der Waals surface area contributed by atoms with Crippen LogP contribution in [0.3, 0.4) is 0 Å². The van der Waals surface area contributed by atoms with E-state index in [4.69, 9.17) is 4.74 Å². The molecule has 1 aromatic carbocycles. The van der Waals surface area contributed by atoms with Gasteiger partial charge in [-0.1, -0.05) is 18.2 Å². The topological polar surface area (TPSA) is 65.2 Å². The normalized spacial score (nSPS) is 15.4. The molecule has 1 aliphatic heterocycles. The molecule has 0 aliphatic carbocycles. The number of rotatable bonds is 9. The lowest BCUT2D eigenvalue weighted by Crippen LogP contribution is -2.33. The average molecular weight is 482 g/mol. The monoisotopic (exact) mass is 481 g/mol. The summed E-state index contributed by atoms with van der Waals surface area (Å²) >= 11 is 1.45. The highest BCUT2D eigenvalue weighted by atomic mass is 32.2. The Labute approximate surface area is 206 Å². The second-order valence-electron chi connectivity index (χ2n) is 8.89. The van der Waals surface area contributed by atoms with Gasteiger partial charge < -0.3 is 9.30 Å². The summed E-state index contributed by atoms with van der Waals surface area (Å²) in [4.78, 5) is 15.6. The number of ether oxygens (including phenoxy) is 1. The molecular formula is C26H35N5O2S. The minimum atomic E-state index is 0.118. The fourth-order valence-electron chi connectivity index (χ4n) is 4.87. The van der Waals surface area contributed by atoms with E-state index in [0.29, 0.717) is 5.75 Å². The lowest BCUT2D eigenvalue weighted by atomic mass is 10.1. The number of methoxy groups -OCH3 is 1. The number of Topliss-reactive ketones (excluding diaryl/α,β-unsaturated/α-hetero) is 1. The Morgan fingerprint density at radius 3 is 2.44 bits per heavy atom. The Hall–Kier alpha value is -2.58. The number of likely N-dealkylation sites (tertiary alicyclic amines) is 1. The van der Waals surface area contributed by atoms with Crippen LogP contribution in [0.5, 0.6) is 5.75 Å². The van der Waals surface area contributed by atoms with Crippen LogP contribution >= 0.6 is 11.8 Å². The molecule has 1 atom stereocenters. The summed E-state index contributed by atoms with van der Waals surface area (Å²) in [5.74, 6) is 2.15. The average Bonchev–Trinajstić information content (AvgIpc) is 3.42. The zero-order valence-electron chi connectivity index (χ0n) is 20.9. The van der Waals surface area contributed by atoms with Crippen LogP contribution in [0.15, 0.2) is 35.5 Å². The Morgan fingerprint density at radius 2 is 1.82 bits per heavy atom. The van der Waals surface area contributed by atoms with E-state index in [0.717, 1.165) is 59.0 Å². The predicted molar refractivity (Wildman–Crippen MR) is 136 cm³/mol. The first-order valence-electron chi connectivity index (χ1n) is 12.1. The minimum Gasteiger partial charge on any atom is -0.497 e. The van der Waals surface area contributed by atoms with Gasteiger partial charge in [-0.25, -0.2) is 0 Å². The van der Waals surface area contributed by atoms with Crippen molar-refractivity contribution in [2.45, 2.75) is 64.7 Å². The molecule has 2 aromatic heterocycles. The molecule has 0 spiro atoms. The standard InChI is InChI=1S/C26H35N5O2S/c1-6-30-18(2)16-23(19(30)3)24(32)17-34-26-28-27-25(20(4)29-14-8-7-9-15-29)31(26)21-10-12-22(33-5)13-11-21/h10-13,16,20H,6-9,14-15,17H2,1-5H3/t20-/m1/s1. The number of hydrogen-bond acceptors (Lipinski definition) is 6. The maximum absolute atomic E-state index is 13.1. The molecule has 0 unspecified atom stereocenters. The minimum absolute atomic E-state index is 0.118. The number of benzene rings is 1. The van der Waals surface area contributed by atoms with Gasteiger partial charge in [0.25, 0.3) is 0 Å². The van der Waals surface area contributed by atoms with Gasteiger partial charge in [-0.3, -0.25) is 14.3 Å². The Kier molecular flexibility index (Phi) is 7.78. The summed E-state index contributed by atoms with van der Waals surface area (Å²) in [6, 6.07) is 10.1. The number of ketones is 1. The van der Waals surface area contributed by atoms with Gasteiger partial charge in [-0.15, -0.1) is 10.2 Å². The van der Waals surface area contributed by atoms with E-state index in [1.807, 2.05) is 37.3 Å². The molecule has 0 bridgehead atoms. The van der Waals surface area contributed by atoms with Crippen molar-refractivity contribution in [2.24, 2.45) is 0 Å². The van der Waals surface area contributed by atoms with E-state index in [-0.39, 0.29) is 11.8 Å². The summed E-state index contributed by atoms with van der Waals surface area (Å²) in [7, 11) is 1.67. The molecule has 3 aromatic rings. The van der Waals surface area contributed by atoms with Crippen LogP contribution in [0.4, 0.5) is 0 Å². The molecule has 0 saturated carbocycles. The molecule has 1 aliphatic rings. The smallest absolute Gasteiger partial charge is 0.196 e. The summed E-state index contributed by atoms with van der Waals surface area (Å²) in [6.07, 6.45) is 3.72. The van der Waals surface area contributed by atoms with Crippen LogP contribution in [0.2, 0.25) is 0 Å². The first-order valence-corrected chi connectivity index (χ1v) is 13.1. The van der Waals surface area contributed by atoms with Crippen LogP contribution in [-0.4, -0.2) is 56.0 Å². The van der Waals surface area contributed by atoms with E-state index < -0.39 is 0 Å². The van der Waals surface area contributed by atoms with Crippen molar-refractivity contribution in [1.82, 2.24) is 24.2 Å². The molecule has 7 nitrogen and oxygen atoms in total. The summed E-state index contributed by atoms with van der Waals surface area (Å²) < 4.78 is 9.63. The fourth-order valence-corrected chi connectivity index (χ4v) is 5.71. The van der Waals surface area contributed by atoms with Crippen LogP contribution in [0, 0.1) is 13.8 Å². The number of aromatic nitrogens is 4. The van der Waals surface area contributed by atoms with Gasteiger partial charge in [0.05, 0.1) is 18.9 Å². The van der Waals surface area contributed by atoms with Crippen molar-refractivity contribution in [3.05, 3.63) is 53.1 Å². The SMILES string of the molecule is CCn1c(C)cc(C(=O)CSc2nnc([C@@H](C)N3CCCCC3)n2-c2ccc(OC)cc2)c1C. The van der Waals surface area contributed by atoms with Crippen LogP contribution in [-0.2, 0) is 6.54 Å². The summed E-state index contributed by atoms with van der Waals surface area (Å²) in [5, 5.41) is 9.89. The molecule has 0 N–H and O–H groups in total. The first-order chi connectivity index (χ1) is 16.4. The maximum Gasteiger partial charge on any atom is 0.196 e. The highest BCUT2D eigenvalue weighted by Crippen LogP contribution is 2.30. The Morgan fingerprint density at radius 1 is 1.12 bits per heavy atom. The van der Waals surface area contributed by atoms with Gasteiger partial charge in [0, 0.05) is 29.2 Å². The van der Waals surface area contributed by atoms with Gasteiger partial charge in [0.15, 0.2) is 16.8 Å². The number of aryl methyl sites for hydroxylation is 1. The van der Waals surface area contributed by atoms with E-state index >= 15 is 0 Å². The van der Waals surface area contributed by atoms with Crippen molar-refractivity contribution in [3.8, 4) is 11.4 Å². The molecule has 4 rings (SSSR count). The highest BCUT2D eigenvalue weighted by molar-refractivity contribution is 7.99. The van der Waals surface area contributed by atoms with Crippen molar-refractivity contribution in [1.29, 1.82) is 0 Å². The van der Waals surface area contributed by atoms with E-state index in [2.05, 4.69) is 45.0 Å². The van der Waals surface area contributed by atoms with E-state index in [9.17, 15) is 4.79 Å². The molecule has 0 radical (unpaired) electrons. The zero-order chi connectivity index (χ0) is 24.2. The van der Waals surface area contributed by atoms with Gasteiger partial charge >= 0.3 is 0 Å². The Balaban J connectivity index is 1.62. The second kappa shape index (κ2) is 10.8. The van der Waals surface area contributed by atoms with Crippen molar-refractivity contribution in [2.75, 3.05) is 26.0 Å². The van der Waals surface area contributed by atoms with E-state index in [1.54, 1.807) is 7.11 Å². The van der Waals surface area contributed by atoms with Crippen LogP contribution in [0.25, 0.3) is 5.69 Å². The highest BCUT2D eigenvalue weighted by Gasteiger charge is 2.26. The second-order valence-corrected chi connectivity index (χ2v) is 9.83. The Bertz CT molecular complexity index is 1130. The molecule has 8 heteroatoms. The number of thioether (sulfide) groups is 1. The van der Waals surface area contributed by atoms with Crippen LogP contribution in [0.1, 0.15) is 66.7 Å². The molecule has 1 saturated heterocycles. The molecule has 1 fully saturated rings. The molecular weight excluding hydrogens is 446 g/mol. The molecule has 3 heterocycles. The lowest BCUT2D eigenvalue weighted by Gasteiger charge is -2.31.